The van der Waals surface area contributed by atoms with Crippen LogP contribution in [0.25, 0.3) is 0 Å². The second kappa shape index (κ2) is 2.71. The summed E-state index contributed by atoms with van der Waals surface area (Å²) in [5, 5.41) is 9.31. The van der Waals surface area contributed by atoms with Gasteiger partial charge in [0.1, 0.15) is 24.4 Å². The van der Waals surface area contributed by atoms with Crippen LogP contribution in [0.4, 0.5) is 0 Å². The summed E-state index contributed by atoms with van der Waals surface area (Å²) in [5.74, 6) is 0. The summed E-state index contributed by atoms with van der Waals surface area (Å²) in [4.78, 5) is 0. The van der Waals surface area contributed by atoms with Crippen molar-refractivity contribution in [1.82, 2.24) is 0 Å². The summed E-state index contributed by atoms with van der Waals surface area (Å²) in [6.07, 6.45) is -0.702. The fourth-order valence-electron chi connectivity index (χ4n) is 1.65. The Hall–Kier alpha value is -0.160. The Morgan fingerprint density at radius 3 is 2.73 bits per heavy atom. The maximum Gasteiger partial charge on any atom is 0.115 e. The molecule has 0 radical (unpaired) electrons. The van der Waals surface area contributed by atoms with Gasteiger partial charge in [0.15, 0.2) is 0 Å². The number of ether oxygens (including phenoxy) is 3. The van der Waals surface area contributed by atoms with E-state index < -0.39 is 6.10 Å². The highest BCUT2D eigenvalue weighted by atomic mass is 16.6. The highest BCUT2D eigenvalue weighted by molar-refractivity contribution is 4.94. The Labute approximate surface area is 65.1 Å². The number of rotatable bonds is 1. The quantitative estimate of drug-likeness (QED) is 0.543. The smallest absolute Gasteiger partial charge is 0.115 e. The van der Waals surface area contributed by atoms with Crippen molar-refractivity contribution in [3.8, 4) is 0 Å². The third-order valence-corrected chi connectivity index (χ3v) is 2.28. The maximum atomic E-state index is 9.31. The molecule has 2 rings (SSSR count). The van der Waals surface area contributed by atoms with Gasteiger partial charge in [-0.05, 0) is 0 Å². The molecule has 0 spiro atoms. The molecule has 0 amide bonds. The van der Waals surface area contributed by atoms with E-state index in [1.165, 1.54) is 0 Å². The van der Waals surface area contributed by atoms with E-state index in [9.17, 15) is 5.11 Å². The first-order valence-corrected chi connectivity index (χ1v) is 3.77. The molecule has 4 nitrogen and oxygen atoms in total. The summed E-state index contributed by atoms with van der Waals surface area (Å²) in [6.45, 7) is 0.901. The minimum atomic E-state index is -0.472. The molecule has 2 aliphatic rings. The van der Waals surface area contributed by atoms with Gasteiger partial charge in [0.05, 0.1) is 13.2 Å². The normalized spacial score (nSPS) is 49.6. The first-order chi connectivity index (χ1) is 5.33. The van der Waals surface area contributed by atoms with E-state index in [4.69, 9.17) is 14.2 Å². The van der Waals surface area contributed by atoms with E-state index in [1.54, 1.807) is 7.11 Å². The van der Waals surface area contributed by atoms with Crippen molar-refractivity contribution in [1.29, 1.82) is 0 Å². The summed E-state index contributed by atoms with van der Waals surface area (Å²) in [6, 6.07) is 0. The van der Waals surface area contributed by atoms with E-state index in [1.807, 2.05) is 0 Å². The Balaban J connectivity index is 2.04. The van der Waals surface area contributed by atoms with Gasteiger partial charge in [0.25, 0.3) is 0 Å². The fraction of sp³-hybridized carbons (Fsp3) is 1.00. The summed E-state index contributed by atoms with van der Waals surface area (Å²) in [5.41, 5.74) is 0. The zero-order valence-corrected chi connectivity index (χ0v) is 6.40. The number of fused-ring (bicyclic) bond motifs is 1. The van der Waals surface area contributed by atoms with Crippen LogP contribution in [0, 0.1) is 0 Å². The number of aliphatic hydroxyl groups is 1. The van der Waals surface area contributed by atoms with Crippen molar-refractivity contribution in [2.75, 3.05) is 20.3 Å². The molecular formula is C7H12O4. The first kappa shape index (κ1) is 7.49. The number of aliphatic hydroxyl groups excluding tert-OH is 1. The molecule has 2 fully saturated rings. The van der Waals surface area contributed by atoms with Gasteiger partial charge < -0.3 is 19.3 Å². The minimum Gasteiger partial charge on any atom is -0.388 e. The molecular weight excluding hydrogens is 148 g/mol. The van der Waals surface area contributed by atoms with E-state index in [-0.39, 0.29) is 18.3 Å². The van der Waals surface area contributed by atoms with Gasteiger partial charge in [0, 0.05) is 7.11 Å². The van der Waals surface area contributed by atoms with Crippen molar-refractivity contribution in [2.45, 2.75) is 24.4 Å². The Morgan fingerprint density at radius 1 is 1.27 bits per heavy atom. The first-order valence-electron chi connectivity index (χ1n) is 3.77. The second-order valence-electron chi connectivity index (χ2n) is 2.94. The summed E-state index contributed by atoms with van der Waals surface area (Å²) >= 11 is 0. The van der Waals surface area contributed by atoms with Crippen LogP contribution in [0.15, 0.2) is 0 Å². The van der Waals surface area contributed by atoms with Crippen molar-refractivity contribution in [2.24, 2.45) is 0 Å². The predicted molar refractivity (Wildman–Crippen MR) is 36.3 cm³/mol. The highest BCUT2D eigenvalue weighted by Gasteiger charge is 2.47. The third kappa shape index (κ3) is 1.06. The van der Waals surface area contributed by atoms with Gasteiger partial charge in [-0.3, -0.25) is 0 Å². The van der Waals surface area contributed by atoms with Crippen LogP contribution in [0.3, 0.4) is 0 Å². The molecule has 0 aromatic rings. The third-order valence-electron chi connectivity index (χ3n) is 2.28. The Morgan fingerprint density at radius 2 is 2.00 bits per heavy atom. The Bertz CT molecular complexity index is 149. The molecule has 2 aliphatic heterocycles. The molecule has 11 heavy (non-hydrogen) atoms. The fourth-order valence-corrected chi connectivity index (χ4v) is 1.65. The molecule has 4 atom stereocenters. The number of methoxy groups -OCH3 is 1. The molecule has 0 saturated carbocycles. The van der Waals surface area contributed by atoms with E-state index in [0.717, 1.165) is 0 Å². The molecule has 0 aromatic heterocycles. The van der Waals surface area contributed by atoms with Gasteiger partial charge in [0.2, 0.25) is 0 Å². The average molecular weight is 160 g/mol. The van der Waals surface area contributed by atoms with E-state index in [0.29, 0.717) is 13.2 Å². The molecule has 0 aromatic carbocycles. The summed E-state index contributed by atoms with van der Waals surface area (Å²) < 4.78 is 15.7. The molecule has 1 unspecified atom stereocenters. The van der Waals surface area contributed by atoms with Gasteiger partial charge in [-0.25, -0.2) is 0 Å². The molecule has 2 saturated heterocycles. The van der Waals surface area contributed by atoms with Crippen molar-refractivity contribution in [3.63, 3.8) is 0 Å². The van der Waals surface area contributed by atoms with E-state index >= 15 is 0 Å². The van der Waals surface area contributed by atoms with Crippen LogP contribution in [0.1, 0.15) is 0 Å². The number of hydrogen-bond donors (Lipinski definition) is 1. The lowest BCUT2D eigenvalue weighted by Crippen LogP contribution is -2.32. The zero-order valence-electron chi connectivity index (χ0n) is 6.40. The van der Waals surface area contributed by atoms with E-state index in [2.05, 4.69) is 0 Å². The van der Waals surface area contributed by atoms with Crippen LogP contribution in [0.5, 0.6) is 0 Å². The Kier molecular flexibility index (Phi) is 1.85. The average Bonchev–Trinajstić information content (AvgIpc) is 2.53. The van der Waals surface area contributed by atoms with Crippen LogP contribution in [-0.2, 0) is 14.2 Å². The molecule has 4 heteroatoms. The van der Waals surface area contributed by atoms with Crippen molar-refractivity contribution < 1.29 is 19.3 Å². The topological polar surface area (TPSA) is 47.9 Å². The zero-order chi connectivity index (χ0) is 7.84. The van der Waals surface area contributed by atoms with Gasteiger partial charge >= 0.3 is 0 Å². The van der Waals surface area contributed by atoms with Crippen LogP contribution in [0.2, 0.25) is 0 Å². The van der Waals surface area contributed by atoms with Gasteiger partial charge in [-0.15, -0.1) is 0 Å². The molecule has 64 valence electrons. The van der Waals surface area contributed by atoms with Crippen molar-refractivity contribution in [3.05, 3.63) is 0 Å². The molecule has 2 heterocycles. The van der Waals surface area contributed by atoms with Crippen molar-refractivity contribution >= 4 is 0 Å². The molecule has 1 N–H and O–H groups in total. The minimum absolute atomic E-state index is 0.00264. The lowest BCUT2D eigenvalue weighted by molar-refractivity contribution is -0.0168. The SMILES string of the molecule is CO[C@@H]1CO[C@H]2C1OC[C@H]2O. The second-order valence-corrected chi connectivity index (χ2v) is 2.94. The van der Waals surface area contributed by atoms with Crippen LogP contribution in [-0.4, -0.2) is 49.8 Å². The highest BCUT2D eigenvalue weighted by Crippen LogP contribution is 2.28. The molecule has 0 bridgehead atoms. The van der Waals surface area contributed by atoms with Crippen LogP contribution < -0.4 is 0 Å². The maximum absolute atomic E-state index is 9.31. The largest absolute Gasteiger partial charge is 0.388 e. The lowest BCUT2D eigenvalue weighted by atomic mass is 10.1. The standard InChI is InChI=1S/C7H12O4/c1-9-5-3-11-6-4(8)2-10-7(5)6/h4-8H,2-3H2,1H3/t4-,5-,6-,7?/m1/s1. The molecule has 0 aliphatic carbocycles. The lowest BCUT2D eigenvalue weighted by Gasteiger charge is -2.12. The number of hydrogen-bond acceptors (Lipinski definition) is 4. The van der Waals surface area contributed by atoms with Crippen LogP contribution >= 0.6 is 0 Å². The summed E-state index contributed by atoms with van der Waals surface area (Å²) in [7, 11) is 1.63. The van der Waals surface area contributed by atoms with Gasteiger partial charge in [-0.1, -0.05) is 0 Å². The van der Waals surface area contributed by atoms with Gasteiger partial charge in [-0.2, -0.15) is 0 Å². The monoisotopic (exact) mass is 160 g/mol. The predicted octanol–water partition coefficient (Wildman–Crippen LogP) is -0.840.